The van der Waals surface area contributed by atoms with Crippen LogP contribution in [0.1, 0.15) is 30.6 Å². The Kier molecular flexibility index (Phi) is 5.70. The summed E-state index contributed by atoms with van der Waals surface area (Å²) in [5.74, 6) is 2.45. The van der Waals surface area contributed by atoms with Crippen molar-refractivity contribution >= 4 is 5.96 Å². The number of hydrogen-bond donors (Lipinski definition) is 2. The number of halogens is 1. The van der Waals surface area contributed by atoms with E-state index in [0.29, 0.717) is 19.1 Å². The molecule has 2 aromatic rings. The Morgan fingerprint density at radius 1 is 1.46 bits per heavy atom. The summed E-state index contributed by atoms with van der Waals surface area (Å²) in [5.41, 5.74) is 0.826. The second-order valence-electron chi connectivity index (χ2n) is 6.26. The highest BCUT2D eigenvalue weighted by molar-refractivity contribution is 5.79. The van der Waals surface area contributed by atoms with Gasteiger partial charge in [-0.15, -0.1) is 0 Å². The average molecular weight is 360 g/mol. The lowest BCUT2D eigenvalue weighted by Gasteiger charge is -2.25. The van der Waals surface area contributed by atoms with Crippen molar-refractivity contribution in [2.75, 3.05) is 13.7 Å². The van der Waals surface area contributed by atoms with Gasteiger partial charge in [0, 0.05) is 26.1 Å². The highest BCUT2D eigenvalue weighted by atomic mass is 19.1. The van der Waals surface area contributed by atoms with Gasteiger partial charge in [0.1, 0.15) is 11.6 Å². The molecule has 0 radical (unpaired) electrons. The maximum absolute atomic E-state index is 13.9. The van der Waals surface area contributed by atoms with Crippen molar-refractivity contribution in [3.8, 4) is 5.75 Å². The van der Waals surface area contributed by atoms with Crippen LogP contribution in [0.15, 0.2) is 23.2 Å². The third-order valence-electron chi connectivity index (χ3n) is 4.28. The minimum Gasteiger partial charge on any atom is -0.491 e. The Labute approximate surface area is 152 Å². The number of nitrogens with zero attached hydrogens (tertiary/aromatic N) is 4. The van der Waals surface area contributed by atoms with E-state index in [0.717, 1.165) is 36.6 Å². The fourth-order valence-corrected chi connectivity index (χ4v) is 3.05. The smallest absolute Gasteiger partial charge is 0.191 e. The normalized spacial score (nSPS) is 16.9. The molecule has 8 heteroatoms. The van der Waals surface area contributed by atoms with E-state index in [1.165, 1.54) is 6.07 Å². The van der Waals surface area contributed by atoms with Crippen molar-refractivity contribution in [2.45, 2.75) is 45.8 Å². The molecule has 1 unspecified atom stereocenters. The third kappa shape index (κ3) is 4.30. The van der Waals surface area contributed by atoms with E-state index in [2.05, 4.69) is 25.7 Å². The van der Waals surface area contributed by atoms with Gasteiger partial charge in [-0.25, -0.2) is 14.1 Å². The lowest BCUT2D eigenvalue weighted by molar-refractivity contribution is 0.321. The summed E-state index contributed by atoms with van der Waals surface area (Å²) in [6.07, 6.45) is 1.86. The summed E-state index contributed by atoms with van der Waals surface area (Å²) in [6.45, 7) is 5.42. The maximum Gasteiger partial charge on any atom is 0.191 e. The Balaban J connectivity index is 1.55. The molecule has 0 fully saturated rings. The molecule has 1 aliphatic rings. The fourth-order valence-electron chi connectivity index (χ4n) is 3.05. The molecule has 0 spiro atoms. The van der Waals surface area contributed by atoms with E-state index in [9.17, 15) is 4.39 Å². The number of aliphatic imine (C=N–C) groups is 1. The SMILES string of the molecule is CCOc1ccc(CNC(=NC)NC2CCc3nc(C)nn3C2)cc1F. The van der Waals surface area contributed by atoms with Gasteiger partial charge in [0.2, 0.25) is 0 Å². The van der Waals surface area contributed by atoms with Crippen LogP contribution in [0.25, 0.3) is 0 Å². The van der Waals surface area contributed by atoms with Gasteiger partial charge in [0.25, 0.3) is 0 Å². The van der Waals surface area contributed by atoms with Gasteiger partial charge in [-0.1, -0.05) is 6.07 Å². The number of aromatic nitrogens is 3. The molecule has 2 heterocycles. The standard InChI is InChI=1S/C18H25FN6O/c1-4-26-16-7-5-13(9-15(16)19)10-21-18(20-3)23-14-6-8-17-22-12(2)24-25(17)11-14/h5,7,9,14H,4,6,8,10-11H2,1-3H3,(H2,20,21,23). The highest BCUT2D eigenvalue weighted by Gasteiger charge is 2.21. The van der Waals surface area contributed by atoms with Gasteiger partial charge < -0.3 is 15.4 Å². The summed E-state index contributed by atoms with van der Waals surface area (Å²) in [6, 6.07) is 5.21. The molecule has 0 amide bonds. The highest BCUT2D eigenvalue weighted by Crippen LogP contribution is 2.18. The second-order valence-corrected chi connectivity index (χ2v) is 6.26. The lowest BCUT2D eigenvalue weighted by atomic mass is 10.1. The number of hydrogen-bond acceptors (Lipinski definition) is 4. The quantitative estimate of drug-likeness (QED) is 0.628. The van der Waals surface area contributed by atoms with E-state index in [4.69, 9.17) is 4.74 Å². The summed E-state index contributed by atoms with van der Waals surface area (Å²) in [4.78, 5) is 8.68. The van der Waals surface area contributed by atoms with Crippen molar-refractivity contribution < 1.29 is 9.13 Å². The Bertz CT molecular complexity index is 788. The first kappa shape index (κ1) is 18.2. The molecule has 1 aromatic heterocycles. The number of benzene rings is 1. The van der Waals surface area contributed by atoms with Crippen molar-refractivity contribution in [3.63, 3.8) is 0 Å². The summed E-state index contributed by atoms with van der Waals surface area (Å²) < 4.78 is 21.1. The van der Waals surface area contributed by atoms with Crippen LogP contribution in [0.3, 0.4) is 0 Å². The van der Waals surface area contributed by atoms with E-state index in [1.807, 2.05) is 24.6 Å². The number of rotatable bonds is 5. The van der Waals surface area contributed by atoms with Crippen LogP contribution >= 0.6 is 0 Å². The summed E-state index contributed by atoms with van der Waals surface area (Å²) >= 11 is 0. The average Bonchev–Trinajstić information content (AvgIpc) is 3.00. The van der Waals surface area contributed by atoms with E-state index >= 15 is 0 Å². The van der Waals surface area contributed by atoms with Crippen LogP contribution in [-0.2, 0) is 19.5 Å². The Morgan fingerprint density at radius 2 is 2.31 bits per heavy atom. The molecule has 0 saturated heterocycles. The van der Waals surface area contributed by atoms with Crippen LogP contribution in [-0.4, -0.2) is 40.4 Å². The van der Waals surface area contributed by atoms with Gasteiger partial charge in [0.15, 0.2) is 17.5 Å². The van der Waals surface area contributed by atoms with Gasteiger partial charge in [0.05, 0.1) is 13.2 Å². The third-order valence-corrected chi connectivity index (χ3v) is 4.28. The minimum absolute atomic E-state index is 0.229. The zero-order valence-corrected chi connectivity index (χ0v) is 15.4. The van der Waals surface area contributed by atoms with Crippen LogP contribution < -0.4 is 15.4 Å². The number of nitrogens with one attached hydrogen (secondary N) is 2. The first-order valence-electron chi connectivity index (χ1n) is 8.87. The molecule has 7 nitrogen and oxygen atoms in total. The maximum atomic E-state index is 13.9. The minimum atomic E-state index is -0.351. The molecule has 140 valence electrons. The zero-order chi connectivity index (χ0) is 18.5. The molecule has 0 saturated carbocycles. The molecule has 1 atom stereocenters. The topological polar surface area (TPSA) is 76.4 Å². The predicted octanol–water partition coefficient (Wildman–Crippen LogP) is 1.80. The molecule has 0 aliphatic carbocycles. The molecular weight excluding hydrogens is 335 g/mol. The molecule has 3 rings (SSSR count). The molecule has 2 N–H and O–H groups in total. The van der Waals surface area contributed by atoms with Crippen LogP contribution in [0.5, 0.6) is 5.75 Å². The van der Waals surface area contributed by atoms with Crippen molar-refractivity contribution in [1.29, 1.82) is 0 Å². The Hall–Kier alpha value is -2.64. The number of fused-ring (bicyclic) bond motifs is 1. The van der Waals surface area contributed by atoms with Gasteiger partial charge in [-0.3, -0.25) is 4.99 Å². The largest absolute Gasteiger partial charge is 0.491 e. The monoisotopic (exact) mass is 360 g/mol. The van der Waals surface area contributed by atoms with Crippen molar-refractivity contribution in [2.24, 2.45) is 4.99 Å². The predicted molar refractivity (Wildman–Crippen MR) is 97.8 cm³/mol. The molecule has 0 bridgehead atoms. The number of ether oxygens (including phenoxy) is 1. The van der Waals surface area contributed by atoms with E-state index in [-0.39, 0.29) is 17.6 Å². The molecule has 1 aromatic carbocycles. The van der Waals surface area contributed by atoms with Gasteiger partial charge in [-0.05, 0) is 38.0 Å². The Morgan fingerprint density at radius 3 is 3.04 bits per heavy atom. The van der Waals surface area contributed by atoms with Gasteiger partial charge >= 0.3 is 0 Å². The van der Waals surface area contributed by atoms with Gasteiger partial charge in [-0.2, -0.15) is 5.10 Å². The molecular formula is C18H25FN6O. The fraction of sp³-hybridized carbons (Fsp3) is 0.500. The zero-order valence-electron chi connectivity index (χ0n) is 15.4. The van der Waals surface area contributed by atoms with Crippen LogP contribution in [0, 0.1) is 12.7 Å². The van der Waals surface area contributed by atoms with Crippen LogP contribution in [0.4, 0.5) is 4.39 Å². The van der Waals surface area contributed by atoms with Crippen molar-refractivity contribution in [1.82, 2.24) is 25.4 Å². The first-order chi connectivity index (χ1) is 12.6. The molecule has 1 aliphatic heterocycles. The summed E-state index contributed by atoms with van der Waals surface area (Å²) in [5, 5.41) is 11.0. The van der Waals surface area contributed by atoms with Crippen molar-refractivity contribution in [3.05, 3.63) is 41.2 Å². The molecule has 26 heavy (non-hydrogen) atoms. The van der Waals surface area contributed by atoms with E-state index < -0.39 is 0 Å². The summed E-state index contributed by atoms with van der Waals surface area (Å²) in [7, 11) is 1.72. The lowest BCUT2D eigenvalue weighted by Crippen LogP contribution is -2.46. The number of aryl methyl sites for hydroxylation is 2. The second kappa shape index (κ2) is 8.16. The van der Waals surface area contributed by atoms with E-state index in [1.54, 1.807) is 13.1 Å². The van der Waals surface area contributed by atoms with Crippen LogP contribution in [0.2, 0.25) is 0 Å². The number of guanidine groups is 1. The first-order valence-corrected chi connectivity index (χ1v) is 8.87.